The number of nitrogens with zero attached hydrogens (tertiary/aromatic N) is 6. The molecule has 0 aliphatic carbocycles. The van der Waals surface area contributed by atoms with Crippen molar-refractivity contribution in [1.82, 2.24) is 19.6 Å². The third-order valence-corrected chi connectivity index (χ3v) is 6.19. The third-order valence-electron chi connectivity index (χ3n) is 6.19. The Kier molecular flexibility index (Phi) is 5.68. The number of ether oxygens (including phenoxy) is 1. The Morgan fingerprint density at radius 3 is 2.36 bits per heavy atom. The van der Waals surface area contributed by atoms with Gasteiger partial charge in [-0.15, -0.1) is 0 Å². The summed E-state index contributed by atoms with van der Waals surface area (Å²) in [6.45, 7) is 5.71. The molecule has 2 aromatic carbocycles. The first-order chi connectivity index (χ1) is 16.2. The van der Waals surface area contributed by atoms with Gasteiger partial charge in [0, 0.05) is 26.2 Å². The molecule has 33 heavy (non-hydrogen) atoms. The molecule has 2 aliphatic heterocycles. The summed E-state index contributed by atoms with van der Waals surface area (Å²) in [4.78, 5) is 9.14. The quantitative estimate of drug-likeness (QED) is 0.459. The molecule has 1 saturated heterocycles. The summed E-state index contributed by atoms with van der Waals surface area (Å²) in [5.41, 5.74) is 4.14. The Balaban J connectivity index is 1.62. The predicted octanol–water partition coefficient (Wildman–Crippen LogP) is 3.72. The van der Waals surface area contributed by atoms with Crippen LogP contribution in [0.4, 0.5) is 0 Å². The molecular formula is C26H26N6O. The van der Waals surface area contributed by atoms with Crippen LogP contribution in [0.15, 0.2) is 77.1 Å². The van der Waals surface area contributed by atoms with E-state index in [0.29, 0.717) is 17.3 Å². The topological polar surface area (TPSA) is 69.7 Å². The standard InChI is InChI=1S/C26H26N6O/c1-19-23-24(20-9-5-3-6-10-20)22(17-27)25(28-18-31-15-13-30(2)14-16-31)33-26(23)32(29-19)21-11-7-4-8-12-21/h3-12,18,24H,13-16H2,1-2H3. The summed E-state index contributed by atoms with van der Waals surface area (Å²) in [7, 11) is 2.12. The van der Waals surface area contributed by atoms with Crippen LogP contribution in [0.25, 0.3) is 5.69 Å². The Morgan fingerprint density at radius 2 is 1.70 bits per heavy atom. The molecule has 1 fully saturated rings. The Labute approximate surface area is 193 Å². The summed E-state index contributed by atoms with van der Waals surface area (Å²) in [6.07, 6.45) is 1.81. The molecule has 5 rings (SSSR count). The molecule has 3 heterocycles. The molecule has 0 amide bonds. The molecule has 0 bridgehead atoms. The molecular weight excluding hydrogens is 412 g/mol. The average Bonchev–Trinajstić information content (AvgIpc) is 3.19. The van der Waals surface area contributed by atoms with E-state index in [0.717, 1.165) is 48.7 Å². The first-order valence-electron chi connectivity index (χ1n) is 11.1. The second-order valence-corrected chi connectivity index (χ2v) is 8.41. The van der Waals surface area contributed by atoms with E-state index in [4.69, 9.17) is 9.84 Å². The van der Waals surface area contributed by atoms with E-state index in [1.807, 2.05) is 73.9 Å². The Hall–Kier alpha value is -3.89. The maximum Gasteiger partial charge on any atom is 0.237 e. The highest BCUT2D eigenvalue weighted by molar-refractivity contribution is 5.61. The van der Waals surface area contributed by atoms with Gasteiger partial charge in [-0.2, -0.15) is 10.4 Å². The van der Waals surface area contributed by atoms with Crippen molar-refractivity contribution in [2.24, 2.45) is 4.99 Å². The van der Waals surface area contributed by atoms with Crippen LogP contribution in [0.2, 0.25) is 0 Å². The fourth-order valence-electron chi connectivity index (χ4n) is 4.37. The summed E-state index contributed by atoms with van der Waals surface area (Å²) in [6, 6.07) is 22.3. The van der Waals surface area contributed by atoms with Gasteiger partial charge in [-0.25, -0.2) is 9.67 Å². The Morgan fingerprint density at radius 1 is 1.03 bits per heavy atom. The lowest BCUT2D eigenvalue weighted by molar-refractivity contribution is 0.219. The number of para-hydroxylation sites is 1. The number of likely N-dealkylation sites (N-methyl/N-ethyl adjacent to an activating group) is 1. The molecule has 1 unspecified atom stereocenters. The lowest BCUT2D eigenvalue weighted by atomic mass is 9.84. The number of nitriles is 1. The monoisotopic (exact) mass is 438 g/mol. The minimum absolute atomic E-state index is 0.294. The summed E-state index contributed by atoms with van der Waals surface area (Å²) < 4.78 is 8.13. The van der Waals surface area contributed by atoms with Gasteiger partial charge >= 0.3 is 0 Å². The fraction of sp³-hybridized carbons (Fsp3) is 0.269. The summed E-state index contributed by atoms with van der Waals surface area (Å²) >= 11 is 0. The molecule has 0 saturated carbocycles. The molecule has 1 atom stereocenters. The second kappa shape index (κ2) is 8.93. The maximum absolute atomic E-state index is 10.2. The first-order valence-corrected chi connectivity index (χ1v) is 11.1. The van der Waals surface area contributed by atoms with E-state index in [1.165, 1.54) is 0 Å². The van der Waals surface area contributed by atoms with Gasteiger partial charge in [0.25, 0.3) is 0 Å². The minimum Gasteiger partial charge on any atom is -0.419 e. The summed E-state index contributed by atoms with van der Waals surface area (Å²) in [5.74, 6) is 0.643. The molecule has 0 spiro atoms. The van der Waals surface area contributed by atoms with Crippen LogP contribution in [0.1, 0.15) is 22.7 Å². The van der Waals surface area contributed by atoms with E-state index < -0.39 is 0 Å². The van der Waals surface area contributed by atoms with Crippen molar-refractivity contribution < 1.29 is 4.74 Å². The van der Waals surface area contributed by atoms with Crippen LogP contribution in [0.5, 0.6) is 5.88 Å². The van der Waals surface area contributed by atoms with E-state index >= 15 is 0 Å². The number of aromatic nitrogens is 2. The van der Waals surface area contributed by atoms with Crippen LogP contribution in [-0.2, 0) is 0 Å². The molecule has 7 heteroatoms. The minimum atomic E-state index is -0.294. The van der Waals surface area contributed by atoms with E-state index in [2.05, 4.69) is 27.9 Å². The molecule has 0 N–H and O–H groups in total. The predicted molar refractivity (Wildman–Crippen MR) is 127 cm³/mol. The van der Waals surface area contributed by atoms with Gasteiger partial charge in [-0.05, 0) is 31.7 Å². The van der Waals surface area contributed by atoms with Crippen molar-refractivity contribution in [3.8, 4) is 17.6 Å². The second-order valence-electron chi connectivity index (χ2n) is 8.41. The van der Waals surface area contributed by atoms with Crippen molar-refractivity contribution >= 4 is 6.34 Å². The number of aryl methyl sites for hydroxylation is 1. The van der Waals surface area contributed by atoms with E-state index in [-0.39, 0.29) is 5.92 Å². The first kappa shape index (κ1) is 21.0. The van der Waals surface area contributed by atoms with Crippen molar-refractivity contribution in [2.45, 2.75) is 12.8 Å². The lowest BCUT2D eigenvalue weighted by Gasteiger charge is -2.31. The molecule has 166 valence electrons. The van der Waals surface area contributed by atoms with Gasteiger partial charge in [-0.3, -0.25) is 0 Å². The molecule has 2 aliphatic rings. The van der Waals surface area contributed by atoms with Gasteiger partial charge in [0.05, 0.1) is 29.2 Å². The number of piperazine rings is 1. The Bertz CT molecular complexity index is 1230. The van der Waals surface area contributed by atoms with Gasteiger partial charge in [0.2, 0.25) is 11.8 Å². The van der Waals surface area contributed by atoms with Crippen molar-refractivity contribution in [3.05, 3.63) is 88.9 Å². The zero-order chi connectivity index (χ0) is 22.8. The highest BCUT2D eigenvalue weighted by atomic mass is 16.5. The third kappa shape index (κ3) is 4.01. The average molecular weight is 439 g/mol. The smallest absolute Gasteiger partial charge is 0.237 e. The van der Waals surface area contributed by atoms with E-state index in [9.17, 15) is 5.26 Å². The lowest BCUT2D eigenvalue weighted by Crippen LogP contribution is -2.43. The number of hydrogen-bond donors (Lipinski definition) is 0. The summed E-state index contributed by atoms with van der Waals surface area (Å²) in [5, 5.41) is 15.0. The highest BCUT2D eigenvalue weighted by Gasteiger charge is 2.36. The number of hydrogen-bond acceptors (Lipinski definition) is 5. The largest absolute Gasteiger partial charge is 0.419 e. The van der Waals surface area contributed by atoms with Crippen molar-refractivity contribution in [1.29, 1.82) is 5.26 Å². The number of fused-ring (bicyclic) bond motifs is 1. The van der Waals surface area contributed by atoms with E-state index in [1.54, 1.807) is 4.68 Å². The number of rotatable bonds is 4. The van der Waals surface area contributed by atoms with Gasteiger partial charge in [0.1, 0.15) is 11.6 Å². The van der Waals surface area contributed by atoms with Crippen LogP contribution in [0, 0.1) is 18.3 Å². The number of allylic oxidation sites excluding steroid dienone is 1. The van der Waals surface area contributed by atoms with Crippen LogP contribution >= 0.6 is 0 Å². The van der Waals surface area contributed by atoms with Gasteiger partial charge in [-0.1, -0.05) is 48.5 Å². The molecule has 3 aromatic rings. The van der Waals surface area contributed by atoms with Crippen molar-refractivity contribution in [3.63, 3.8) is 0 Å². The highest BCUT2D eigenvalue weighted by Crippen LogP contribution is 2.45. The SMILES string of the molecule is Cc1nn(-c2ccccc2)c2c1C(c1ccccc1)C(C#N)=C(N=CN1CCN(C)CC1)O2. The molecule has 0 radical (unpaired) electrons. The van der Waals surface area contributed by atoms with Crippen LogP contribution < -0.4 is 4.74 Å². The van der Waals surface area contributed by atoms with Gasteiger partial charge < -0.3 is 14.5 Å². The molecule has 1 aromatic heterocycles. The van der Waals surface area contributed by atoms with Crippen molar-refractivity contribution in [2.75, 3.05) is 33.2 Å². The van der Waals surface area contributed by atoms with Crippen LogP contribution in [0.3, 0.4) is 0 Å². The zero-order valence-corrected chi connectivity index (χ0v) is 18.8. The normalized spacial score (nSPS) is 18.8. The van der Waals surface area contributed by atoms with Gasteiger partial charge in [0.15, 0.2) is 0 Å². The molecule has 7 nitrogen and oxygen atoms in total. The fourth-order valence-corrected chi connectivity index (χ4v) is 4.37. The number of aliphatic imine (C=N–C) groups is 1. The zero-order valence-electron chi connectivity index (χ0n) is 18.8. The maximum atomic E-state index is 10.2. The number of benzene rings is 2. The van der Waals surface area contributed by atoms with Crippen LogP contribution in [-0.4, -0.2) is 59.1 Å².